The molecule has 37 heavy (non-hydrogen) atoms. The van der Waals surface area contributed by atoms with Gasteiger partial charge in [0.25, 0.3) is 0 Å². The average molecular weight is 515 g/mol. The lowest BCUT2D eigenvalue weighted by Gasteiger charge is -2.14. The molecule has 0 heterocycles. The van der Waals surface area contributed by atoms with Crippen molar-refractivity contribution in [1.82, 2.24) is 0 Å². The van der Waals surface area contributed by atoms with Crippen molar-refractivity contribution in [3.8, 4) is 0 Å². The summed E-state index contributed by atoms with van der Waals surface area (Å²) in [6.07, 6.45) is 18.4. The molecule has 1 aromatic carbocycles. The molecule has 0 aliphatic rings. The zero-order valence-electron chi connectivity index (χ0n) is 26.8. The van der Waals surface area contributed by atoms with Crippen LogP contribution in [0.15, 0.2) is 72.5 Å². The molecular weight excluding hydrogens is 448 g/mol. The van der Waals surface area contributed by atoms with E-state index in [0.717, 1.165) is 24.4 Å². The van der Waals surface area contributed by atoms with E-state index in [1.165, 1.54) is 68.1 Å². The zero-order chi connectivity index (χ0) is 29.5. The van der Waals surface area contributed by atoms with Crippen molar-refractivity contribution in [2.24, 2.45) is 11.7 Å². The lowest BCUT2D eigenvalue weighted by atomic mass is 9.92. The fraction of sp³-hybridized carbons (Fsp3) is 0.600. The van der Waals surface area contributed by atoms with Gasteiger partial charge in [-0.25, -0.2) is 0 Å². The molecule has 0 fully saturated rings. The Labute approximate surface area is 234 Å². The number of nitrogen functional groups attached to an aromatic ring is 1. The standard InChI is InChI=1S/C10H20.C9H15N.C8H11N.2C4H10/c1-5-7-10(8-6-2)9(3)4;1-4-6-9(5-2)7-8(3)10;1-2-7-5-3-4-6-8(7)9;2*1-3-4-2/h10H,3,5-8H2,1-2,4H3;4,6-7H,3,5,10H2,1-2H3;3-6H,2,9H2,1H3;2*3-4H2,1-2H3/b;6-4-,9-7-;;;. The van der Waals surface area contributed by atoms with E-state index in [9.17, 15) is 0 Å². The van der Waals surface area contributed by atoms with Crippen molar-refractivity contribution in [2.45, 2.75) is 133 Å². The number of unbranched alkanes of at least 4 members (excludes halogenated alkanes) is 2. The van der Waals surface area contributed by atoms with Gasteiger partial charge in [-0.1, -0.05) is 143 Å². The average Bonchev–Trinajstić information content (AvgIpc) is 2.89. The van der Waals surface area contributed by atoms with Crippen LogP contribution in [-0.4, -0.2) is 0 Å². The summed E-state index contributed by atoms with van der Waals surface area (Å²) in [5.41, 5.74) is 16.4. The van der Waals surface area contributed by atoms with Gasteiger partial charge >= 0.3 is 0 Å². The van der Waals surface area contributed by atoms with Crippen molar-refractivity contribution < 1.29 is 0 Å². The Morgan fingerprint density at radius 2 is 1.27 bits per heavy atom. The summed E-state index contributed by atoms with van der Waals surface area (Å²) in [7, 11) is 0. The van der Waals surface area contributed by atoms with Gasteiger partial charge in [-0.15, -0.1) is 0 Å². The maximum Gasteiger partial charge on any atom is 0.0346 e. The topological polar surface area (TPSA) is 52.0 Å². The van der Waals surface area contributed by atoms with Gasteiger partial charge in [0, 0.05) is 11.4 Å². The number of allylic oxidation sites excluding steroid dienone is 5. The first-order valence-corrected chi connectivity index (χ1v) is 14.9. The van der Waals surface area contributed by atoms with Crippen LogP contribution in [0.4, 0.5) is 5.69 Å². The number of aryl methyl sites for hydroxylation is 1. The van der Waals surface area contributed by atoms with Gasteiger partial charge in [0.2, 0.25) is 0 Å². The van der Waals surface area contributed by atoms with Crippen LogP contribution in [-0.2, 0) is 6.42 Å². The second kappa shape index (κ2) is 33.8. The molecule has 1 rings (SSSR count). The molecule has 0 radical (unpaired) electrons. The fourth-order valence-corrected chi connectivity index (χ4v) is 2.91. The molecule has 0 aromatic heterocycles. The molecule has 0 atom stereocenters. The molecule has 0 bridgehead atoms. The Morgan fingerprint density at radius 3 is 1.51 bits per heavy atom. The Bertz CT molecular complexity index is 668. The summed E-state index contributed by atoms with van der Waals surface area (Å²) in [4.78, 5) is 0. The zero-order valence-corrected chi connectivity index (χ0v) is 26.8. The molecule has 2 nitrogen and oxygen atoms in total. The lowest BCUT2D eigenvalue weighted by molar-refractivity contribution is 0.505. The number of para-hydroxylation sites is 1. The van der Waals surface area contributed by atoms with Crippen molar-refractivity contribution in [3.05, 3.63) is 78.1 Å². The Hall–Kier alpha value is -2.22. The summed E-state index contributed by atoms with van der Waals surface area (Å²) < 4.78 is 0. The third-order valence-electron chi connectivity index (χ3n) is 5.57. The molecule has 0 saturated heterocycles. The number of hydrogen-bond acceptors (Lipinski definition) is 2. The SMILES string of the molecule is C=C(C)C(CCC)CCC.C=C(N)/C=C(\C=C/C)CC.CCCC.CCCC.CCc1ccccc1N. The highest BCUT2D eigenvalue weighted by molar-refractivity contribution is 5.46. The minimum Gasteiger partial charge on any atom is -0.399 e. The van der Waals surface area contributed by atoms with Gasteiger partial charge in [-0.3, -0.25) is 0 Å². The van der Waals surface area contributed by atoms with Crippen molar-refractivity contribution in [1.29, 1.82) is 0 Å². The third-order valence-corrected chi connectivity index (χ3v) is 5.57. The van der Waals surface area contributed by atoms with E-state index in [-0.39, 0.29) is 0 Å². The molecule has 2 heteroatoms. The summed E-state index contributed by atoms with van der Waals surface area (Å²) in [6.45, 7) is 29.1. The normalized spacial score (nSPS) is 10.1. The van der Waals surface area contributed by atoms with E-state index in [1.54, 1.807) is 0 Å². The summed E-state index contributed by atoms with van der Waals surface area (Å²) in [5.74, 6) is 0.787. The Balaban J connectivity index is -0.000000193. The molecule has 0 aliphatic heterocycles. The smallest absolute Gasteiger partial charge is 0.0346 e. The van der Waals surface area contributed by atoms with E-state index in [2.05, 4.69) is 81.5 Å². The minimum absolute atomic E-state index is 0.620. The summed E-state index contributed by atoms with van der Waals surface area (Å²) in [6, 6.07) is 7.94. The number of hydrogen-bond donors (Lipinski definition) is 2. The van der Waals surface area contributed by atoms with Crippen LogP contribution < -0.4 is 11.5 Å². The molecule has 0 unspecified atom stereocenters. The lowest BCUT2D eigenvalue weighted by Crippen LogP contribution is -1.99. The number of rotatable bonds is 11. The number of benzene rings is 1. The van der Waals surface area contributed by atoms with Crippen molar-refractivity contribution in [2.75, 3.05) is 5.73 Å². The molecule has 0 spiro atoms. The largest absolute Gasteiger partial charge is 0.399 e. The van der Waals surface area contributed by atoms with Crippen LogP contribution in [0, 0.1) is 5.92 Å². The molecule has 0 saturated carbocycles. The second-order valence-electron chi connectivity index (χ2n) is 9.32. The monoisotopic (exact) mass is 515 g/mol. The van der Waals surface area contributed by atoms with Gasteiger partial charge in [0.1, 0.15) is 0 Å². The maximum absolute atomic E-state index is 5.63. The predicted octanol–water partition coefficient (Wildman–Crippen LogP) is 11.6. The first-order chi connectivity index (χ1) is 17.6. The van der Waals surface area contributed by atoms with Crippen LogP contribution in [0.1, 0.15) is 133 Å². The molecule has 0 aliphatic carbocycles. The van der Waals surface area contributed by atoms with Crippen LogP contribution in [0.25, 0.3) is 0 Å². The van der Waals surface area contributed by atoms with E-state index >= 15 is 0 Å². The maximum atomic E-state index is 5.63. The summed E-state index contributed by atoms with van der Waals surface area (Å²) in [5, 5.41) is 0. The van der Waals surface area contributed by atoms with Crippen LogP contribution in [0.5, 0.6) is 0 Å². The quantitative estimate of drug-likeness (QED) is 0.175. The molecule has 216 valence electrons. The van der Waals surface area contributed by atoms with E-state index in [4.69, 9.17) is 11.5 Å². The van der Waals surface area contributed by atoms with E-state index < -0.39 is 0 Å². The van der Waals surface area contributed by atoms with Crippen molar-refractivity contribution in [3.63, 3.8) is 0 Å². The van der Waals surface area contributed by atoms with Gasteiger partial charge in [0.05, 0.1) is 0 Å². The first kappa shape index (κ1) is 41.9. The first-order valence-electron chi connectivity index (χ1n) is 14.9. The van der Waals surface area contributed by atoms with Gasteiger partial charge in [-0.2, -0.15) is 0 Å². The van der Waals surface area contributed by atoms with Crippen LogP contribution >= 0.6 is 0 Å². The molecular formula is C35H66N2. The third kappa shape index (κ3) is 33.8. The summed E-state index contributed by atoms with van der Waals surface area (Å²) >= 11 is 0. The van der Waals surface area contributed by atoms with Crippen LogP contribution in [0.2, 0.25) is 0 Å². The number of anilines is 1. The Morgan fingerprint density at radius 1 is 0.811 bits per heavy atom. The second-order valence-corrected chi connectivity index (χ2v) is 9.32. The number of nitrogens with two attached hydrogens (primary N) is 2. The predicted molar refractivity (Wildman–Crippen MR) is 176 cm³/mol. The fourth-order valence-electron chi connectivity index (χ4n) is 2.91. The van der Waals surface area contributed by atoms with E-state index in [0.29, 0.717) is 5.70 Å². The highest BCUT2D eigenvalue weighted by atomic mass is 14.6. The van der Waals surface area contributed by atoms with Crippen molar-refractivity contribution >= 4 is 5.69 Å². The molecule has 0 amide bonds. The van der Waals surface area contributed by atoms with Gasteiger partial charge in [0.15, 0.2) is 0 Å². The molecule has 1 aromatic rings. The van der Waals surface area contributed by atoms with Gasteiger partial charge < -0.3 is 11.5 Å². The minimum atomic E-state index is 0.620. The van der Waals surface area contributed by atoms with Crippen LogP contribution in [0.3, 0.4) is 0 Å². The van der Waals surface area contributed by atoms with E-state index in [1.807, 2.05) is 43.4 Å². The van der Waals surface area contributed by atoms with Gasteiger partial charge in [-0.05, 0) is 68.7 Å². The molecule has 4 N–H and O–H groups in total. The highest BCUT2D eigenvalue weighted by Crippen LogP contribution is 2.20. The Kier molecular flexibility index (Phi) is 38.2. The highest BCUT2D eigenvalue weighted by Gasteiger charge is 2.05.